The van der Waals surface area contributed by atoms with Gasteiger partial charge in [-0.1, -0.05) is 12.2 Å². The van der Waals surface area contributed by atoms with Crippen LogP contribution in [0.4, 0.5) is 0 Å². The fourth-order valence-electron chi connectivity index (χ4n) is 2.14. The van der Waals surface area contributed by atoms with Crippen molar-refractivity contribution < 1.29 is 19.1 Å². The number of ether oxygens (including phenoxy) is 2. The van der Waals surface area contributed by atoms with Gasteiger partial charge in [0.25, 0.3) is 0 Å². The van der Waals surface area contributed by atoms with Gasteiger partial charge in [-0.2, -0.15) is 0 Å². The van der Waals surface area contributed by atoms with Crippen LogP contribution in [0.5, 0.6) is 0 Å². The quantitative estimate of drug-likeness (QED) is 0.460. The van der Waals surface area contributed by atoms with Crippen LogP contribution in [0.1, 0.15) is 19.3 Å². The van der Waals surface area contributed by atoms with Crippen molar-refractivity contribution in [1.82, 2.24) is 0 Å². The maximum atomic E-state index is 11.6. The van der Waals surface area contributed by atoms with Crippen LogP contribution < -0.4 is 0 Å². The first-order valence-electron chi connectivity index (χ1n) is 4.64. The Morgan fingerprint density at radius 1 is 1.71 bits per heavy atom. The average molecular weight is 196 g/mol. The minimum absolute atomic E-state index is 0.112. The summed E-state index contributed by atoms with van der Waals surface area (Å²) in [7, 11) is 1.33. The highest BCUT2D eigenvalue weighted by atomic mass is 16.6. The highest BCUT2D eigenvalue weighted by Gasteiger charge is 2.54. The normalized spacial score (nSPS) is 34.9. The molecule has 0 bridgehead atoms. The summed E-state index contributed by atoms with van der Waals surface area (Å²) < 4.78 is 9.82. The van der Waals surface area contributed by atoms with Gasteiger partial charge in [0, 0.05) is 0 Å². The topological polar surface area (TPSA) is 52.6 Å². The fourth-order valence-corrected chi connectivity index (χ4v) is 2.14. The van der Waals surface area contributed by atoms with Crippen LogP contribution in [-0.4, -0.2) is 25.2 Å². The standard InChI is InChI=1S/C10H12O4/c1-13-9(12)10-5-3-2-4-7(10)14-8(11)6-10/h3,5,7H,2,4,6H2,1H3/t7?,10-/m0/s1. The van der Waals surface area contributed by atoms with E-state index in [4.69, 9.17) is 9.47 Å². The zero-order chi connectivity index (χ0) is 10.2. The molecule has 0 spiro atoms. The van der Waals surface area contributed by atoms with Gasteiger partial charge in [0.1, 0.15) is 11.5 Å². The van der Waals surface area contributed by atoms with Gasteiger partial charge < -0.3 is 9.47 Å². The Hall–Kier alpha value is -1.32. The summed E-state index contributed by atoms with van der Waals surface area (Å²) in [6.45, 7) is 0. The Morgan fingerprint density at radius 2 is 2.50 bits per heavy atom. The van der Waals surface area contributed by atoms with Crippen LogP contribution >= 0.6 is 0 Å². The van der Waals surface area contributed by atoms with Crippen LogP contribution in [0, 0.1) is 5.41 Å². The molecule has 1 heterocycles. The second-order valence-electron chi connectivity index (χ2n) is 3.67. The summed E-state index contributed by atoms with van der Waals surface area (Å²) >= 11 is 0. The first-order chi connectivity index (χ1) is 6.69. The van der Waals surface area contributed by atoms with Gasteiger partial charge in [-0.15, -0.1) is 0 Å². The van der Waals surface area contributed by atoms with Gasteiger partial charge in [0.15, 0.2) is 0 Å². The SMILES string of the molecule is COC(=O)[C@]12C=CCCC1OC(=O)C2. The molecular weight excluding hydrogens is 184 g/mol. The van der Waals surface area contributed by atoms with Crippen molar-refractivity contribution >= 4 is 11.9 Å². The fraction of sp³-hybridized carbons (Fsp3) is 0.600. The molecule has 1 saturated heterocycles. The maximum Gasteiger partial charge on any atom is 0.320 e. The summed E-state index contributed by atoms with van der Waals surface area (Å²) in [6, 6.07) is 0. The Morgan fingerprint density at radius 3 is 3.21 bits per heavy atom. The van der Waals surface area contributed by atoms with E-state index in [1.165, 1.54) is 7.11 Å². The molecule has 1 aliphatic carbocycles. The van der Waals surface area contributed by atoms with Crippen LogP contribution in [0.3, 0.4) is 0 Å². The Bertz CT molecular complexity index is 307. The Kier molecular flexibility index (Phi) is 2.06. The third kappa shape index (κ3) is 1.14. The Balaban J connectivity index is 2.36. The third-order valence-corrected chi connectivity index (χ3v) is 2.86. The van der Waals surface area contributed by atoms with E-state index in [9.17, 15) is 9.59 Å². The minimum atomic E-state index is -0.843. The van der Waals surface area contributed by atoms with Gasteiger partial charge in [-0.25, -0.2) is 0 Å². The molecule has 1 unspecified atom stereocenters. The van der Waals surface area contributed by atoms with Gasteiger partial charge in [0.05, 0.1) is 13.5 Å². The third-order valence-electron chi connectivity index (χ3n) is 2.86. The molecule has 1 aliphatic heterocycles. The number of rotatable bonds is 1. The molecule has 0 aromatic carbocycles. The van der Waals surface area contributed by atoms with Crippen molar-refractivity contribution in [2.75, 3.05) is 7.11 Å². The van der Waals surface area contributed by atoms with E-state index in [1.807, 2.05) is 6.08 Å². The lowest BCUT2D eigenvalue weighted by molar-refractivity contribution is -0.153. The van der Waals surface area contributed by atoms with Crippen molar-refractivity contribution in [2.45, 2.75) is 25.4 Å². The van der Waals surface area contributed by atoms with Crippen molar-refractivity contribution in [3.8, 4) is 0 Å². The second-order valence-corrected chi connectivity index (χ2v) is 3.67. The van der Waals surface area contributed by atoms with Crippen molar-refractivity contribution in [3.63, 3.8) is 0 Å². The molecule has 2 rings (SSSR count). The monoisotopic (exact) mass is 196 g/mol. The highest BCUT2D eigenvalue weighted by molar-refractivity contribution is 5.89. The number of methoxy groups -OCH3 is 1. The van der Waals surface area contributed by atoms with Gasteiger partial charge in [-0.3, -0.25) is 9.59 Å². The van der Waals surface area contributed by atoms with Crippen molar-refractivity contribution in [2.24, 2.45) is 5.41 Å². The summed E-state index contributed by atoms with van der Waals surface area (Å²) in [5.41, 5.74) is -0.843. The molecule has 0 saturated carbocycles. The minimum Gasteiger partial charge on any atom is -0.468 e. The molecule has 0 aromatic rings. The lowest BCUT2D eigenvalue weighted by Crippen LogP contribution is -2.39. The number of allylic oxidation sites excluding steroid dienone is 1. The zero-order valence-electron chi connectivity index (χ0n) is 7.99. The summed E-state index contributed by atoms with van der Waals surface area (Å²) in [5.74, 6) is -0.684. The molecule has 14 heavy (non-hydrogen) atoms. The predicted molar refractivity (Wildman–Crippen MR) is 47.3 cm³/mol. The summed E-state index contributed by atoms with van der Waals surface area (Å²) in [6.07, 6.45) is 5.01. The molecule has 4 heteroatoms. The van der Waals surface area contributed by atoms with Crippen LogP contribution in [0.15, 0.2) is 12.2 Å². The lowest BCUT2D eigenvalue weighted by Gasteiger charge is -2.29. The van der Waals surface area contributed by atoms with Crippen LogP contribution in [0.2, 0.25) is 0 Å². The summed E-state index contributed by atoms with van der Waals surface area (Å²) in [4.78, 5) is 22.8. The number of hydrogen-bond donors (Lipinski definition) is 0. The van der Waals surface area contributed by atoms with Crippen molar-refractivity contribution in [1.29, 1.82) is 0 Å². The highest BCUT2D eigenvalue weighted by Crippen LogP contribution is 2.43. The van der Waals surface area contributed by atoms with E-state index >= 15 is 0 Å². The van der Waals surface area contributed by atoms with E-state index in [0.29, 0.717) is 6.42 Å². The first kappa shape index (κ1) is 9.24. The molecular formula is C10H12O4. The molecule has 0 aromatic heterocycles. The molecule has 4 nitrogen and oxygen atoms in total. The average Bonchev–Trinajstić information content (AvgIpc) is 2.53. The predicted octanol–water partition coefficient (Wildman–Crippen LogP) is 0.811. The number of carbonyl (C=O) groups is 2. The summed E-state index contributed by atoms with van der Waals surface area (Å²) in [5, 5.41) is 0. The van der Waals surface area contributed by atoms with Gasteiger partial charge in [0.2, 0.25) is 0 Å². The van der Waals surface area contributed by atoms with Crippen LogP contribution in [0.25, 0.3) is 0 Å². The lowest BCUT2D eigenvalue weighted by atomic mass is 9.76. The molecule has 0 radical (unpaired) electrons. The number of carbonyl (C=O) groups excluding carboxylic acids is 2. The number of esters is 2. The molecule has 1 fully saturated rings. The van der Waals surface area contributed by atoms with E-state index in [2.05, 4.69) is 0 Å². The largest absolute Gasteiger partial charge is 0.468 e. The van der Waals surface area contributed by atoms with E-state index in [-0.39, 0.29) is 24.5 Å². The maximum absolute atomic E-state index is 11.6. The molecule has 0 N–H and O–H groups in total. The molecule has 2 atom stereocenters. The van der Waals surface area contributed by atoms with E-state index in [0.717, 1.165) is 6.42 Å². The van der Waals surface area contributed by atoms with E-state index in [1.54, 1.807) is 6.08 Å². The second kappa shape index (κ2) is 3.12. The number of hydrogen-bond acceptors (Lipinski definition) is 4. The zero-order valence-corrected chi connectivity index (χ0v) is 7.99. The first-order valence-corrected chi connectivity index (χ1v) is 4.64. The number of fused-ring (bicyclic) bond motifs is 1. The van der Waals surface area contributed by atoms with Crippen LogP contribution in [-0.2, 0) is 19.1 Å². The van der Waals surface area contributed by atoms with Crippen molar-refractivity contribution in [3.05, 3.63) is 12.2 Å². The van der Waals surface area contributed by atoms with E-state index < -0.39 is 5.41 Å². The molecule has 2 aliphatic rings. The van der Waals surface area contributed by atoms with Gasteiger partial charge in [-0.05, 0) is 12.8 Å². The molecule has 0 amide bonds. The Labute approximate surface area is 81.9 Å². The van der Waals surface area contributed by atoms with Gasteiger partial charge >= 0.3 is 11.9 Å². The smallest absolute Gasteiger partial charge is 0.320 e. The molecule has 76 valence electrons.